The van der Waals surface area contributed by atoms with Crippen molar-refractivity contribution in [2.24, 2.45) is 0 Å². The number of hydrogen-bond acceptors (Lipinski definition) is 3. The molecule has 0 bridgehead atoms. The first-order valence-corrected chi connectivity index (χ1v) is 11.4. The maximum absolute atomic E-state index is 13.0. The molecule has 30 heavy (non-hydrogen) atoms. The third kappa shape index (κ3) is 4.15. The van der Waals surface area contributed by atoms with Gasteiger partial charge in [0.2, 0.25) is 10.0 Å². The van der Waals surface area contributed by atoms with Gasteiger partial charge in [0.05, 0.1) is 4.90 Å². The fourth-order valence-corrected chi connectivity index (χ4v) is 4.76. The number of sulfonamides is 1. The number of aryl methyl sites for hydroxylation is 2. The average Bonchev–Trinajstić information content (AvgIpc) is 3.15. The molecule has 1 N–H and O–H groups in total. The fraction of sp³-hybridized carbons (Fsp3) is 0.208. The molecular formula is C24H24N2O3S. The molecule has 0 atom stereocenters. The predicted octanol–water partition coefficient (Wildman–Crippen LogP) is 3.98. The maximum Gasteiger partial charge on any atom is 0.258 e. The van der Waals surface area contributed by atoms with Crippen LogP contribution in [0.15, 0.2) is 71.6 Å². The van der Waals surface area contributed by atoms with Gasteiger partial charge in [-0.3, -0.25) is 4.79 Å². The Morgan fingerprint density at radius 3 is 2.47 bits per heavy atom. The van der Waals surface area contributed by atoms with E-state index in [4.69, 9.17) is 0 Å². The predicted molar refractivity (Wildman–Crippen MR) is 118 cm³/mol. The van der Waals surface area contributed by atoms with E-state index in [1.54, 1.807) is 23.1 Å². The number of anilines is 1. The van der Waals surface area contributed by atoms with E-state index in [1.807, 2.05) is 62.4 Å². The molecule has 1 aliphatic rings. The summed E-state index contributed by atoms with van der Waals surface area (Å²) in [6, 6.07) is 20.2. The lowest BCUT2D eigenvalue weighted by Gasteiger charge is -2.18. The van der Waals surface area contributed by atoms with Crippen molar-refractivity contribution >= 4 is 21.6 Å². The van der Waals surface area contributed by atoms with Crippen molar-refractivity contribution in [3.63, 3.8) is 0 Å². The number of carbonyl (C=O) groups is 1. The van der Waals surface area contributed by atoms with Gasteiger partial charge in [0.15, 0.2) is 0 Å². The van der Waals surface area contributed by atoms with Crippen LogP contribution in [0, 0.1) is 13.8 Å². The molecule has 1 aliphatic heterocycles. The summed E-state index contributed by atoms with van der Waals surface area (Å²) in [6.07, 6.45) is 0.794. The minimum atomic E-state index is -3.60. The topological polar surface area (TPSA) is 66.5 Å². The third-order valence-electron chi connectivity index (χ3n) is 5.36. The molecule has 4 rings (SSSR count). The van der Waals surface area contributed by atoms with Gasteiger partial charge >= 0.3 is 0 Å². The van der Waals surface area contributed by atoms with Crippen LogP contribution in [0.1, 0.15) is 32.6 Å². The number of carbonyl (C=O) groups excluding carboxylic acids is 1. The molecule has 0 saturated heterocycles. The Kier molecular flexibility index (Phi) is 5.45. The Labute approximate surface area is 177 Å². The molecule has 0 aliphatic carbocycles. The Bertz CT molecular complexity index is 1200. The lowest BCUT2D eigenvalue weighted by Crippen LogP contribution is -2.29. The minimum Gasteiger partial charge on any atom is -0.308 e. The Morgan fingerprint density at radius 1 is 0.967 bits per heavy atom. The van der Waals surface area contributed by atoms with Crippen molar-refractivity contribution in [1.29, 1.82) is 0 Å². The summed E-state index contributed by atoms with van der Waals surface area (Å²) in [5, 5.41) is 0. The number of benzene rings is 3. The number of nitrogens with zero attached hydrogens (tertiary/aromatic N) is 1. The van der Waals surface area contributed by atoms with Crippen LogP contribution in [-0.2, 0) is 23.0 Å². The highest BCUT2D eigenvalue weighted by Crippen LogP contribution is 2.30. The van der Waals surface area contributed by atoms with Crippen LogP contribution in [0.5, 0.6) is 0 Å². The molecular weight excluding hydrogens is 396 g/mol. The summed E-state index contributed by atoms with van der Waals surface area (Å²) in [7, 11) is -3.60. The molecule has 0 radical (unpaired) electrons. The van der Waals surface area contributed by atoms with E-state index in [9.17, 15) is 13.2 Å². The molecule has 6 heteroatoms. The summed E-state index contributed by atoms with van der Waals surface area (Å²) in [4.78, 5) is 15.0. The molecule has 1 amide bonds. The highest BCUT2D eigenvalue weighted by atomic mass is 32.2. The van der Waals surface area contributed by atoms with Gasteiger partial charge in [-0.1, -0.05) is 42.0 Å². The molecule has 0 saturated carbocycles. The first-order valence-electron chi connectivity index (χ1n) is 9.90. The van der Waals surface area contributed by atoms with Gasteiger partial charge in [-0.2, -0.15) is 0 Å². The minimum absolute atomic E-state index is 0.0359. The molecule has 3 aromatic rings. The number of rotatable bonds is 5. The number of amides is 1. The van der Waals surface area contributed by atoms with Crippen molar-refractivity contribution < 1.29 is 13.2 Å². The zero-order valence-corrected chi connectivity index (χ0v) is 17.9. The van der Waals surface area contributed by atoms with E-state index in [1.165, 1.54) is 0 Å². The standard InChI is InChI=1S/C24H24N2O3S/c1-17-6-9-21(10-7-17)24(27)26-13-12-20-11-8-19(15-23(20)26)16-25-30(28,29)22-5-3-4-18(2)14-22/h3-11,14-15,25H,12-13,16H2,1-2H3. The zero-order chi connectivity index (χ0) is 21.3. The molecule has 0 aromatic heterocycles. The smallest absolute Gasteiger partial charge is 0.258 e. The number of nitrogens with one attached hydrogen (secondary N) is 1. The van der Waals surface area contributed by atoms with Crippen LogP contribution in [-0.4, -0.2) is 20.9 Å². The van der Waals surface area contributed by atoms with Gasteiger partial charge in [0, 0.05) is 24.3 Å². The normalized spacial score (nSPS) is 13.3. The molecule has 154 valence electrons. The molecule has 0 unspecified atom stereocenters. The van der Waals surface area contributed by atoms with Crippen LogP contribution in [0.4, 0.5) is 5.69 Å². The first-order chi connectivity index (χ1) is 14.3. The SMILES string of the molecule is Cc1ccc(C(=O)N2CCc3ccc(CNS(=O)(=O)c4cccc(C)c4)cc32)cc1. The highest BCUT2D eigenvalue weighted by Gasteiger charge is 2.26. The quantitative estimate of drug-likeness (QED) is 0.679. The molecule has 5 nitrogen and oxygen atoms in total. The van der Waals surface area contributed by atoms with Gasteiger partial charge in [-0.05, 0) is 67.3 Å². The van der Waals surface area contributed by atoms with Crippen LogP contribution in [0.2, 0.25) is 0 Å². The van der Waals surface area contributed by atoms with Crippen molar-refractivity contribution in [3.8, 4) is 0 Å². The monoisotopic (exact) mass is 420 g/mol. The Balaban J connectivity index is 1.53. The largest absolute Gasteiger partial charge is 0.308 e. The highest BCUT2D eigenvalue weighted by molar-refractivity contribution is 7.89. The zero-order valence-electron chi connectivity index (χ0n) is 17.1. The van der Waals surface area contributed by atoms with Crippen molar-refractivity contribution in [1.82, 2.24) is 4.72 Å². The lowest BCUT2D eigenvalue weighted by atomic mass is 10.1. The van der Waals surface area contributed by atoms with E-state index < -0.39 is 10.0 Å². The number of fused-ring (bicyclic) bond motifs is 1. The number of hydrogen-bond donors (Lipinski definition) is 1. The van der Waals surface area contributed by atoms with Gasteiger partial charge in [-0.25, -0.2) is 13.1 Å². The third-order valence-corrected chi connectivity index (χ3v) is 6.75. The summed E-state index contributed by atoms with van der Waals surface area (Å²) < 4.78 is 27.9. The fourth-order valence-electron chi connectivity index (χ4n) is 3.64. The van der Waals surface area contributed by atoms with Gasteiger partial charge in [0.25, 0.3) is 5.91 Å². The Hall–Kier alpha value is -2.96. The molecule has 3 aromatic carbocycles. The van der Waals surface area contributed by atoms with Crippen LogP contribution in [0.3, 0.4) is 0 Å². The summed E-state index contributed by atoms with van der Waals surface area (Å²) in [5.41, 5.74) is 5.42. The van der Waals surface area contributed by atoms with Crippen molar-refractivity contribution in [2.75, 3.05) is 11.4 Å². The first kappa shape index (κ1) is 20.3. The second kappa shape index (κ2) is 8.05. The van der Waals surface area contributed by atoms with Crippen molar-refractivity contribution in [3.05, 3.63) is 94.5 Å². The lowest BCUT2D eigenvalue weighted by molar-refractivity contribution is 0.0989. The van der Waals surface area contributed by atoms with E-state index in [0.29, 0.717) is 12.1 Å². The van der Waals surface area contributed by atoms with E-state index in [0.717, 1.165) is 34.4 Å². The second-order valence-corrected chi connectivity index (χ2v) is 9.44. The van der Waals surface area contributed by atoms with Gasteiger partial charge < -0.3 is 4.90 Å². The second-order valence-electron chi connectivity index (χ2n) is 7.68. The van der Waals surface area contributed by atoms with E-state index in [2.05, 4.69) is 4.72 Å². The van der Waals surface area contributed by atoms with Crippen LogP contribution in [0.25, 0.3) is 0 Å². The summed E-state index contributed by atoms with van der Waals surface area (Å²) in [5.74, 6) is -0.0359. The van der Waals surface area contributed by atoms with Gasteiger partial charge in [-0.15, -0.1) is 0 Å². The van der Waals surface area contributed by atoms with Crippen molar-refractivity contribution in [2.45, 2.75) is 31.7 Å². The summed E-state index contributed by atoms with van der Waals surface area (Å²) >= 11 is 0. The van der Waals surface area contributed by atoms with Gasteiger partial charge in [0.1, 0.15) is 0 Å². The van der Waals surface area contributed by atoms with Crippen LogP contribution >= 0.6 is 0 Å². The maximum atomic E-state index is 13.0. The molecule has 0 spiro atoms. The van der Waals surface area contributed by atoms with E-state index in [-0.39, 0.29) is 17.3 Å². The van der Waals surface area contributed by atoms with E-state index >= 15 is 0 Å². The Morgan fingerprint density at radius 2 is 1.73 bits per heavy atom. The van der Waals surface area contributed by atoms with Crippen LogP contribution < -0.4 is 9.62 Å². The average molecular weight is 421 g/mol. The summed E-state index contributed by atoms with van der Waals surface area (Å²) in [6.45, 7) is 4.64. The molecule has 1 heterocycles. The molecule has 0 fully saturated rings.